The second-order valence-corrected chi connectivity index (χ2v) is 13.3. The molecule has 0 aliphatic carbocycles. The Balaban J connectivity index is 1.16. The third kappa shape index (κ3) is 9.15. The molecule has 0 bridgehead atoms. The number of aromatic nitrogens is 2. The number of likely N-dealkylation sites (tertiary alicyclic amines) is 1. The number of piperidine rings is 1. The third-order valence-corrected chi connectivity index (χ3v) is 9.32. The van der Waals surface area contributed by atoms with E-state index >= 15 is 0 Å². The number of anilines is 2. The molecule has 1 saturated heterocycles. The molecule has 11 nitrogen and oxygen atoms in total. The number of rotatable bonds is 12. The Bertz CT molecular complexity index is 1690. The van der Waals surface area contributed by atoms with Crippen LogP contribution in [0.4, 0.5) is 16.3 Å². The zero-order valence-corrected chi connectivity index (χ0v) is 27.4. The van der Waals surface area contributed by atoms with Crippen LogP contribution in [0.3, 0.4) is 0 Å². The SMILES string of the molecule is COCCNS(=O)(=O)c1ccc(Oc2ccc(CN3CCC(N(C(=O)Nc4ccc(Cl)cn4)c4ccc(Cl)cc4)CC3)cn2)cc1. The molecule has 4 aromatic rings. The molecule has 0 unspecified atom stereocenters. The van der Waals surface area contributed by atoms with Crippen LogP contribution in [-0.4, -0.2) is 68.7 Å². The van der Waals surface area contributed by atoms with Gasteiger partial charge in [-0.15, -0.1) is 0 Å². The highest BCUT2D eigenvalue weighted by molar-refractivity contribution is 7.89. The van der Waals surface area contributed by atoms with Crippen molar-refractivity contribution < 1.29 is 22.7 Å². The summed E-state index contributed by atoms with van der Waals surface area (Å²) in [5.74, 6) is 1.29. The van der Waals surface area contributed by atoms with Crippen LogP contribution in [-0.2, 0) is 21.3 Å². The maximum Gasteiger partial charge on any atom is 0.327 e. The van der Waals surface area contributed by atoms with E-state index in [1.807, 2.05) is 18.2 Å². The number of nitrogens with zero attached hydrogens (tertiary/aromatic N) is 4. The van der Waals surface area contributed by atoms with E-state index in [2.05, 4.69) is 24.9 Å². The average molecular weight is 686 g/mol. The largest absolute Gasteiger partial charge is 0.439 e. The van der Waals surface area contributed by atoms with Gasteiger partial charge in [0.15, 0.2) is 0 Å². The van der Waals surface area contributed by atoms with E-state index in [4.69, 9.17) is 32.7 Å². The molecule has 1 fully saturated rings. The van der Waals surface area contributed by atoms with Crippen molar-refractivity contribution in [1.82, 2.24) is 19.6 Å². The van der Waals surface area contributed by atoms with E-state index in [-0.39, 0.29) is 30.1 Å². The van der Waals surface area contributed by atoms with Gasteiger partial charge in [-0.2, -0.15) is 0 Å². The standard InChI is InChI=1S/C32H34Cl2N6O5S/c1-44-19-16-37-46(42,43)29-10-8-28(9-11-29)45-31-13-2-23(20-36-31)22-39-17-14-27(15-18-39)40(26-6-3-24(33)4-7-26)32(41)38-30-12-5-25(34)21-35-30/h2-13,20-21,27,37H,14-19,22H2,1H3,(H,35,38,41). The summed E-state index contributed by atoms with van der Waals surface area (Å²) in [6.45, 7) is 2.74. The Morgan fingerprint density at radius 3 is 2.28 bits per heavy atom. The van der Waals surface area contributed by atoms with Crippen molar-refractivity contribution in [3.63, 3.8) is 0 Å². The molecule has 3 heterocycles. The van der Waals surface area contributed by atoms with Crippen LogP contribution in [0.25, 0.3) is 0 Å². The highest BCUT2D eigenvalue weighted by Crippen LogP contribution is 2.28. The number of urea groups is 1. The van der Waals surface area contributed by atoms with Crippen molar-refractivity contribution in [3.05, 3.63) is 101 Å². The Labute approximate surface area is 278 Å². The van der Waals surface area contributed by atoms with Gasteiger partial charge in [0.05, 0.1) is 16.5 Å². The molecule has 2 aromatic carbocycles. The Kier molecular flexibility index (Phi) is 11.4. The molecule has 5 rings (SSSR count). The predicted molar refractivity (Wildman–Crippen MR) is 178 cm³/mol. The number of amides is 2. The van der Waals surface area contributed by atoms with Gasteiger partial charge in [0, 0.05) is 68.5 Å². The second kappa shape index (κ2) is 15.7. The Hall–Kier alpha value is -3.78. The molecule has 14 heteroatoms. The second-order valence-electron chi connectivity index (χ2n) is 10.6. The molecule has 0 saturated carbocycles. The van der Waals surface area contributed by atoms with Gasteiger partial charge in [-0.25, -0.2) is 27.9 Å². The van der Waals surface area contributed by atoms with Gasteiger partial charge in [-0.3, -0.25) is 15.1 Å². The zero-order chi connectivity index (χ0) is 32.5. The minimum atomic E-state index is -3.62. The maximum absolute atomic E-state index is 13.5. The van der Waals surface area contributed by atoms with Gasteiger partial charge in [0.25, 0.3) is 0 Å². The quantitative estimate of drug-likeness (QED) is 0.169. The topological polar surface area (TPSA) is 126 Å². The lowest BCUT2D eigenvalue weighted by atomic mass is 10.0. The van der Waals surface area contributed by atoms with E-state index in [1.165, 1.54) is 25.4 Å². The van der Waals surface area contributed by atoms with E-state index in [1.54, 1.807) is 53.6 Å². The molecule has 1 aliphatic heterocycles. The van der Waals surface area contributed by atoms with Gasteiger partial charge in [0.2, 0.25) is 15.9 Å². The predicted octanol–water partition coefficient (Wildman–Crippen LogP) is 6.20. The molecule has 0 spiro atoms. The van der Waals surface area contributed by atoms with Crippen molar-refractivity contribution >= 4 is 50.8 Å². The Morgan fingerprint density at radius 2 is 1.65 bits per heavy atom. The fourth-order valence-electron chi connectivity index (χ4n) is 5.04. The maximum atomic E-state index is 13.5. The molecule has 1 aliphatic rings. The molecule has 2 amide bonds. The summed E-state index contributed by atoms with van der Waals surface area (Å²) in [6.07, 6.45) is 4.80. The van der Waals surface area contributed by atoms with Gasteiger partial charge in [-0.1, -0.05) is 29.3 Å². The fourth-order valence-corrected chi connectivity index (χ4v) is 6.29. The normalized spacial score (nSPS) is 14.2. The van der Waals surface area contributed by atoms with Crippen molar-refractivity contribution in [2.24, 2.45) is 0 Å². The van der Waals surface area contributed by atoms with Crippen molar-refractivity contribution in [1.29, 1.82) is 0 Å². The minimum absolute atomic E-state index is 0.0267. The summed E-state index contributed by atoms with van der Waals surface area (Å²) in [5.41, 5.74) is 1.78. The van der Waals surface area contributed by atoms with Gasteiger partial charge in [0.1, 0.15) is 11.6 Å². The van der Waals surface area contributed by atoms with Crippen molar-refractivity contribution in [3.8, 4) is 11.6 Å². The smallest absolute Gasteiger partial charge is 0.327 e. The molecule has 46 heavy (non-hydrogen) atoms. The number of hydrogen-bond donors (Lipinski definition) is 2. The van der Waals surface area contributed by atoms with E-state index in [0.29, 0.717) is 34.0 Å². The number of methoxy groups -OCH3 is 1. The van der Waals surface area contributed by atoms with Crippen LogP contribution in [0, 0.1) is 0 Å². The number of benzene rings is 2. The third-order valence-electron chi connectivity index (χ3n) is 7.37. The molecule has 0 radical (unpaired) electrons. The summed E-state index contributed by atoms with van der Waals surface area (Å²) in [5, 5.41) is 3.97. The molecular formula is C32H34Cl2N6O5S. The van der Waals surface area contributed by atoms with E-state index in [9.17, 15) is 13.2 Å². The summed E-state index contributed by atoms with van der Waals surface area (Å²) >= 11 is 12.1. The molecule has 2 aromatic heterocycles. The molecule has 2 N–H and O–H groups in total. The number of carbonyl (C=O) groups excluding carboxylic acids is 1. The minimum Gasteiger partial charge on any atom is -0.439 e. The number of carbonyl (C=O) groups is 1. The van der Waals surface area contributed by atoms with Crippen molar-refractivity contribution in [2.75, 3.05) is 43.6 Å². The fraction of sp³-hybridized carbons (Fsp3) is 0.281. The van der Waals surface area contributed by atoms with Crippen LogP contribution in [0.5, 0.6) is 11.6 Å². The van der Waals surface area contributed by atoms with Crippen LogP contribution >= 0.6 is 23.2 Å². The molecule has 0 atom stereocenters. The monoisotopic (exact) mass is 684 g/mol. The first-order chi connectivity index (χ1) is 22.2. The van der Waals surface area contributed by atoms with Crippen LogP contribution < -0.4 is 19.7 Å². The van der Waals surface area contributed by atoms with E-state index in [0.717, 1.165) is 37.2 Å². The summed E-state index contributed by atoms with van der Waals surface area (Å²) in [4.78, 5) is 26.3. The van der Waals surface area contributed by atoms with Gasteiger partial charge in [-0.05, 0) is 79.1 Å². The van der Waals surface area contributed by atoms with Crippen LogP contribution in [0.2, 0.25) is 10.0 Å². The molecule has 242 valence electrons. The summed E-state index contributed by atoms with van der Waals surface area (Å²) in [7, 11) is -2.12. The van der Waals surface area contributed by atoms with Gasteiger partial charge < -0.3 is 9.47 Å². The van der Waals surface area contributed by atoms with Crippen LogP contribution in [0.15, 0.2) is 90.1 Å². The zero-order valence-electron chi connectivity index (χ0n) is 25.1. The van der Waals surface area contributed by atoms with E-state index < -0.39 is 10.0 Å². The number of pyridine rings is 2. The number of halogens is 2. The molecular weight excluding hydrogens is 651 g/mol. The summed E-state index contributed by atoms with van der Waals surface area (Å²) < 4.78 is 37.9. The lowest BCUT2D eigenvalue weighted by Gasteiger charge is -2.38. The number of hydrogen-bond acceptors (Lipinski definition) is 8. The first-order valence-electron chi connectivity index (χ1n) is 14.6. The van der Waals surface area contributed by atoms with Gasteiger partial charge >= 0.3 is 6.03 Å². The number of ether oxygens (including phenoxy) is 2. The lowest BCUT2D eigenvalue weighted by Crippen LogP contribution is -2.49. The highest BCUT2D eigenvalue weighted by atomic mass is 35.5. The van der Waals surface area contributed by atoms with Crippen molar-refractivity contribution in [2.45, 2.75) is 30.3 Å². The summed E-state index contributed by atoms with van der Waals surface area (Å²) in [6, 6.07) is 20.2. The first kappa shape index (κ1) is 33.6. The first-order valence-corrected chi connectivity index (χ1v) is 16.9. The average Bonchev–Trinajstić information content (AvgIpc) is 3.05. The number of nitrogens with one attached hydrogen (secondary N) is 2. The lowest BCUT2D eigenvalue weighted by molar-refractivity contribution is 0.199. The van der Waals surface area contributed by atoms with Crippen LogP contribution in [0.1, 0.15) is 18.4 Å². The Morgan fingerprint density at radius 1 is 0.935 bits per heavy atom. The number of sulfonamides is 1. The highest BCUT2D eigenvalue weighted by Gasteiger charge is 2.29.